The molecular formula is C11H18O4. The number of hydrogen-bond donors (Lipinski definition) is 0. The Morgan fingerprint density at radius 2 is 2.40 bits per heavy atom. The Hall–Kier alpha value is -0.870. The molecule has 0 aromatic heterocycles. The third kappa shape index (κ3) is 3.32. The molecule has 86 valence electrons. The van der Waals surface area contributed by atoms with E-state index in [-0.39, 0.29) is 24.4 Å². The monoisotopic (exact) mass is 214 g/mol. The lowest BCUT2D eigenvalue weighted by Gasteiger charge is -2.20. The molecule has 1 fully saturated rings. The van der Waals surface area contributed by atoms with Gasteiger partial charge in [0, 0.05) is 5.92 Å². The molecule has 4 nitrogen and oxygen atoms in total. The topological polar surface area (TPSA) is 44.8 Å². The molecule has 0 amide bonds. The first kappa shape index (κ1) is 12.2. The lowest BCUT2D eigenvalue weighted by molar-refractivity contribution is -0.150. The molecular weight excluding hydrogens is 196 g/mol. The second-order valence-electron chi connectivity index (χ2n) is 4.05. The Balaban J connectivity index is 2.53. The highest BCUT2D eigenvalue weighted by Crippen LogP contribution is 2.28. The van der Waals surface area contributed by atoms with Gasteiger partial charge >= 0.3 is 5.97 Å². The fraction of sp³-hybridized carbons (Fsp3) is 0.727. The van der Waals surface area contributed by atoms with E-state index < -0.39 is 5.79 Å². The van der Waals surface area contributed by atoms with Gasteiger partial charge in [-0.3, -0.25) is 4.79 Å². The number of carbonyl (C=O) groups is 1. The first-order chi connectivity index (χ1) is 6.98. The van der Waals surface area contributed by atoms with E-state index in [2.05, 4.69) is 11.3 Å². The van der Waals surface area contributed by atoms with Crippen LogP contribution in [0.2, 0.25) is 0 Å². The summed E-state index contributed by atoms with van der Waals surface area (Å²) in [5, 5.41) is 0. The van der Waals surface area contributed by atoms with Gasteiger partial charge in [0.1, 0.15) is 0 Å². The number of ether oxygens (including phenoxy) is 3. The summed E-state index contributed by atoms with van der Waals surface area (Å²) in [6.07, 6.45) is 1.88. The summed E-state index contributed by atoms with van der Waals surface area (Å²) < 4.78 is 15.7. The minimum Gasteiger partial charge on any atom is -0.469 e. The number of esters is 1. The number of methoxy groups -OCH3 is 1. The van der Waals surface area contributed by atoms with Crippen molar-refractivity contribution in [1.82, 2.24) is 0 Å². The van der Waals surface area contributed by atoms with E-state index in [0.29, 0.717) is 6.61 Å². The van der Waals surface area contributed by atoms with Gasteiger partial charge in [-0.15, -0.1) is 6.58 Å². The van der Waals surface area contributed by atoms with Crippen molar-refractivity contribution in [3.05, 3.63) is 12.7 Å². The van der Waals surface area contributed by atoms with Gasteiger partial charge in [-0.1, -0.05) is 6.08 Å². The first-order valence-corrected chi connectivity index (χ1v) is 4.99. The zero-order valence-corrected chi connectivity index (χ0v) is 9.49. The van der Waals surface area contributed by atoms with Gasteiger partial charge in [-0.2, -0.15) is 0 Å². The SMILES string of the molecule is C=C[C@@H](CC(=O)OC)[C@H]1COC(C)(C)O1. The molecule has 1 saturated heterocycles. The Morgan fingerprint density at radius 3 is 2.80 bits per heavy atom. The van der Waals surface area contributed by atoms with Crippen LogP contribution >= 0.6 is 0 Å². The first-order valence-electron chi connectivity index (χ1n) is 4.99. The molecule has 1 heterocycles. The molecule has 0 radical (unpaired) electrons. The summed E-state index contributed by atoms with van der Waals surface area (Å²) in [5.41, 5.74) is 0. The maximum absolute atomic E-state index is 11.1. The summed E-state index contributed by atoms with van der Waals surface area (Å²) >= 11 is 0. The summed E-state index contributed by atoms with van der Waals surface area (Å²) in [5.74, 6) is -0.880. The zero-order chi connectivity index (χ0) is 11.5. The van der Waals surface area contributed by atoms with Crippen molar-refractivity contribution >= 4 is 5.97 Å². The van der Waals surface area contributed by atoms with Crippen molar-refractivity contribution in [3.8, 4) is 0 Å². The standard InChI is InChI=1S/C11H18O4/c1-5-8(6-10(12)13-4)9-7-14-11(2,3)15-9/h5,8-9H,1,6-7H2,2-4H3/t8-,9+/m0/s1. The molecule has 1 aliphatic rings. The Labute approximate surface area is 90.2 Å². The highest BCUT2D eigenvalue weighted by atomic mass is 16.7. The van der Waals surface area contributed by atoms with Crippen LogP contribution in [0, 0.1) is 5.92 Å². The van der Waals surface area contributed by atoms with Crippen LogP contribution in [0.4, 0.5) is 0 Å². The van der Waals surface area contributed by atoms with E-state index >= 15 is 0 Å². The van der Waals surface area contributed by atoms with Crippen LogP contribution in [0.15, 0.2) is 12.7 Å². The second-order valence-corrected chi connectivity index (χ2v) is 4.05. The number of rotatable bonds is 4. The van der Waals surface area contributed by atoms with E-state index in [0.717, 1.165) is 0 Å². The molecule has 0 aliphatic carbocycles. The molecule has 1 aliphatic heterocycles. The van der Waals surface area contributed by atoms with Gasteiger partial charge in [-0.25, -0.2) is 0 Å². The molecule has 4 heteroatoms. The van der Waals surface area contributed by atoms with Crippen molar-refractivity contribution in [2.24, 2.45) is 5.92 Å². The van der Waals surface area contributed by atoms with Crippen molar-refractivity contribution in [2.45, 2.75) is 32.2 Å². The fourth-order valence-electron chi connectivity index (χ4n) is 1.57. The van der Waals surface area contributed by atoms with E-state index in [1.165, 1.54) is 7.11 Å². The predicted octanol–water partition coefficient (Wildman–Crippen LogP) is 1.50. The van der Waals surface area contributed by atoms with Crippen LogP contribution in [-0.4, -0.2) is 31.6 Å². The molecule has 0 aromatic rings. The average molecular weight is 214 g/mol. The van der Waals surface area contributed by atoms with Crippen LogP contribution in [0.5, 0.6) is 0 Å². The smallest absolute Gasteiger partial charge is 0.306 e. The molecule has 0 unspecified atom stereocenters. The van der Waals surface area contributed by atoms with Crippen LogP contribution < -0.4 is 0 Å². The highest BCUT2D eigenvalue weighted by Gasteiger charge is 2.37. The summed E-state index contributed by atoms with van der Waals surface area (Å²) in [7, 11) is 1.37. The van der Waals surface area contributed by atoms with Crippen molar-refractivity contribution in [3.63, 3.8) is 0 Å². The van der Waals surface area contributed by atoms with Crippen LogP contribution in [0.3, 0.4) is 0 Å². The van der Waals surface area contributed by atoms with Gasteiger partial charge in [-0.05, 0) is 13.8 Å². The Morgan fingerprint density at radius 1 is 1.73 bits per heavy atom. The average Bonchev–Trinajstić information content (AvgIpc) is 2.54. The molecule has 0 spiro atoms. The van der Waals surface area contributed by atoms with Gasteiger partial charge in [0.05, 0.1) is 26.2 Å². The maximum Gasteiger partial charge on any atom is 0.306 e. The quantitative estimate of drug-likeness (QED) is 0.525. The van der Waals surface area contributed by atoms with Crippen molar-refractivity contribution in [2.75, 3.05) is 13.7 Å². The van der Waals surface area contributed by atoms with Crippen LogP contribution in [-0.2, 0) is 19.0 Å². The molecule has 15 heavy (non-hydrogen) atoms. The largest absolute Gasteiger partial charge is 0.469 e. The van der Waals surface area contributed by atoms with Crippen molar-refractivity contribution < 1.29 is 19.0 Å². The van der Waals surface area contributed by atoms with Gasteiger partial charge in [0.25, 0.3) is 0 Å². The van der Waals surface area contributed by atoms with Gasteiger partial charge in [0.15, 0.2) is 5.79 Å². The highest BCUT2D eigenvalue weighted by molar-refractivity contribution is 5.69. The van der Waals surface area contributed by atoms with Crippen molar-refractivity contribution in [1.29, 1.82) is 0 Å². The Kier molecular flexibility index (Phi) is 3.88. The number of hydrogen-bond acceptors (Lipinski definition) is 4. The van der Waals surface area contributed by atoms with E-state index in [9.17, 15) is 4.79 Å². The van der Waals surface area contributed by atoms with Gasteiger partial charge in [0.2, 0.25) is 0 Å². The second kappa shape index (κ2) is 4.77. The third-order valence-corrected chi connectivity index (χ3v) is 2.44. The van der Waals surface area contributed by atoms with E-state index in [1.54, 1.807) is 6.08 Å². The summed E-state index contributed by atoms with van der Waals surface area (Å²) in [6, 6.07) is 0. The summed E-state index contributed by atoms with van der Waals surface area (Å²) in [6.45, 7) is 7.89. The van der Waals surface area contributed by atoms with Crippen LogP contribution in [0.25, 0.3) is 0 Å². The fourth-order valence-corrected chi connectivity index (χ4v) is 1.57. The van der Waals surface area contributed by atoms with E-state index in [1.807, 2.05) is 13.8 Å². The van der Waals surface area contributed by atoms with E-state index in [4.69, 9.17) is 9.47 Å². The molecule has 0 bridgehead atoms. The molecule has 0 N–H and O–H groups in total. The minimum atomic E-state index is -0.567. The zero-order valence-electron chi connectivity index (χ0n) is 9.49. The van der Waals surface area contributed by atoms with Gasteiger partial charge < -0.3 is 14.2 Å². The molecule has 1 rings (SSSR count). The third-order valence-electron chi connectivity index (χ3n) is 2.44. The molecule has 0 saturated carbocycles. The summed E-state index contributed by atoms with van der Waals surface area (Å²) in [4.78, 5) is 11.1. The number of carbonyl (C=O) groups excluding carboxylic acids is 1. The molecule has 2 atom stereocenters. The van der Waals surface area contributed by atoms with Crippen LogP contribution in [0.1, 0.15) is 20.3 Å². The Bertz CT molecular complexity index is 247. The lowest BCUT2D eigenvalue weighted by atomic mass is 9.99. The normalized spacial score (nSPS) is 25.9. The maximum atomic E-state index is 11.1. The lowest BCUT2D eigenvalue weighted by Crippen LogP contribution is -2.27. The molecule has 0 aromatic carbocycles. The predicted molar refractivity (Wildman–Crippen MR) is 55.2 cm³/mol. The minimum absolute atomic E-state index is 0.0563.